The molecule has 1 heterocycles. The molecular formula is C21H25ClN2O3S. The van der Waals surface area contributed by atoms with Crippen molar-refractivity contribution < 1.29 is 13.2 Å². The van der Waals surface area contributed by atoms with Gasteiger partial charge in [0.2, 0.25) is 10.0 Å². The molecule has 0 amide bonds. The normalized spacial score (nSPS) is 16.2. The van der Waals surface area contributed by atoms with Gasteiger partial charge in [0.25, 0.3) is 0 Å². The minimum atomic E-state index is -3.59. The van der Waals surface area contributed by atoms with Crippen molar-refractivity contribution in [2.24, 2.45) is 5.73 Å². The van der Waals surface area contributed by atoms with Gasteiger partial charge in [-0.1, -0.05) is 48.0 Å². The number of hydrogen-bond acceptors (Lipinski definition) is 4. The van der Waals surface area contributed by atoms with Crippen molar-refractivity contribution in [2.45, 2.75) is 43.0 Å². The fourth-order valence-corrected chi connectivity index (χ4v) is 5.13. The van der Waals surface area contributed by atoms with Crippen molar-refractivity contribution in [2.75, 3.05) is 13.1 Å². The highest BCUT2D eigenvalue weighted by atomic mass is 35.5. The lowest BCUT2D eigenvalue weighted by Gasteiger charge is -2.29. The largest absolute Gasteiger partial charge is 0.328 e. The molecule has 0 saturated carbocycles. The highest BCUT2D eigenvalue weighted by Crippen LogP contribution is 2.26. The zero-order valence-electron chi connectivity index (χ0n) is 15.7. The lowest BCUT2D eigenvalue weighted by Crippen LogP contribution is -2.42. The van der Waals surface area contributed by atoms with Crippen molar-refractivity contribution in [3.8, 4) is 0 Å². The lowest BCUT2D eigenvalue weighted by molar-refractivity contribution is -0.118. The quantitative estimate of drug-likeness (QED) is 0.745. The van der Waals surface area contributed by atoms with E-state index in [0.717, 1.165) is 5.56 Å². The van der Waals surface area contributed by atoms with Gasteiger partial charge in [-0.25, -0.2) is 8.42 Å². The molecule has 150 valence electrons. The maximum absolute atomic E-state index is 12.8. The molecule has 0 bridgehead atoms. The summed E-state index contributed by atoms with van der Waals surface area (Å²) in [6.45, 7) is 0.835. The van der Waals surface area contributed by atoms with Crippen LogP contribution in [0.15, 0.2) is 53.4 Å². The van der Waals surface area contributed by atoms with E-state index in [-0.39, 0.29) is 23.1 Å². The summed E-state index contributed by atoms with van der Waals surface area (Å²) in [6, 6.07) is 14.5. The SMILES string of the molecule is NC1CCN(S(=O)(=O)c2ccc(CC(=O)CCc3ccccc3)c(Cl)c2)CC1. The summed E-state index contributed by atoms with van der Waals surface area (Å²) in [5.41, 5.74) is 7.62. The second-order valence-electron chi connectivity index (χ2n) is 7.20. The Balaban J connectivity index is 1.64. The van der Waals surface area contributed by atoms with Crippen LogP contribution < -0.4 is 5.73 Å². The van der Waals surface area contributed by atoms with E-state index in [4.69, 9.17) is 17.3 Å². The molecule has 2 N–H and O–H groups in total. The Hall–Kier alpha value is -1.73. The molecule has 2 aromatic rings. The number of hydrogen-bond donors (Lipinski definition) is 1. The molecule has 28 heavy (non-hydrogen) atoms. The second-order valence-corrected chi connectivity index (χ2v) is 9.54. The Bertz CT molecular complexity index is 924. The molecule has 0 aromatic heterocycles. The Morgan fingerprint density at radius 1 is 1.11 bits per heavy atom. The number of piperidine rings is 1. The summed E-state index contributed by atoms with van der Waals surface area (Å²) in [4.78, 5) is 12.5. The molecule has 0 atom stereocenters. The number of aryl methyl sites for hydroxylation is 1. The predicted molar refractivity (Wildman–Crippen MR) is 111 cm³/mol. The summed E-state index contributed by atoms with van der Waals surface area (Å²) in [5.74, 6) is 0.0754. The fourth-order valence-electron chi connectivity index (χ4n) is 3.33. The summed E-state index contributed by atoms with van der Waals surface area (Å²) in [6.07, 6.45) is 2.61. The number of nitrogens with two attached hydrogens (primary N) is 1. The number of ketones is 1. The van der Waals surface area contributed by atoms with Gasteiger partial charge in [0.05, 0.1) is 4.90 Å². The maximum Gasteiger partial charge on any atom is 0.243 e. The van der Waals surface area contributed by atoms with E-state index in [2.05, 4.69) is 0 Å². The molecule has 3 rings (SSSR count). The number of carbonyl (C=O) groups excluding carboxylic acids is 1. The number of rotatable bonds is 7. The highest BCUT2D eigenvalue weighted by molar-refractivity contribution is 7.89. The average molecular weight is 421 g/mol. The number of halogens is 1. The van der Waals surface area contributed by atoms with Crippen LogP contribution in [0.1, 0.15) is 30.4 Å². The van der Waals surface area contributed by atoms with E-state index < -0.39 is 10.0 Å². The van der Waals surface area contributed by atoms with E-state index in [1.807, 2.05) is 30.3 Å². The molecule has 1 fully saturated rings. The fraction of sp³-hybridized carbons (Fsp3) is 0.381. The molecule has 1 saturated heterocycles. The van der Waals surface area contributed by atoms with E-state index in [9.17, 15) is 13.2 Å². The molecule has 1 aliphatic heterocycles. The molecule has 0 spiro atoms. The van der Waals surface area contributed by atoms with Crippen molar-refractivity contribution in [3.05, 3.63) is 64.7 Å². The second kappa shape index (κ2) is 9.18. The van der Waals surface area contributed by atoms with Gasteiger partial charge in [-0.05, 0) is 42.5 Å². The summed E-state index contributed by atoms with van der Waals surface area (Å²) in [7, 11) is -3.59. The van der Waals surface area contributed by atoms with Crippen LogP contribution in [0.4, 0.5) is 0 Å². The third kappa shape index (κ3) is 5.20. The smallest absolute Gasteiger partial charge is 0.243 e. The number of carbonyl (C=O) groups is 1. The van der Waals surface area contributed by atoms with Crippen molar-refractivity contribution in [3.63, 3.8) is 0 Å². The lowest BCUT2D eigenvalue weighted by atomic mass is 10.0. The first kappa shape index (κ1) is 21.0. The minimum Gasteiger partial charge on any atom is -0.328 e. The van der Waals surface area contributed by atoms with Crippen LogP contribution in [0.25, 0.3) is 0 Å². The van der Waals surface area contributed by atoms with Crippen molar-refractivity contribution >= 4 is 27.4 Å². The third-order valence-electron chi connectivity index (χ3n) is 5.08. The molecular weight excluding hydrogens is 396 g/mol. The van der Waals surface area contributed by atoms with Crippen LogP contribution >= 0.6 is 11.6 Å². The van der Waals surface area contributed by atoms with Gasteiger partial charge in [-0.2, -0.15) is 4.31 Å². The number of Topliss-reactive ketones (excluding diaryl/α,β-unsaturated/α-hetero) is 1. The standard InChI is InChI=1S/C21H25ClN2O3S/c22-21-15-20(28(26,27)24-12-10-18(23)11-13-24)9-7-17(21)14-19(25)8-6-16-4-2-1-3-5-16/h1-5,7,9,15,18H,6,8,10-14,23H2. The zero-order chi connectivity index (χ0) is 20.1. The summed E-state index contributed by atoms with van der Waals surface area (Å²) < 4.78 is 27.0. The summed E-state index contributed by atoms with van der Waals surface area (Å²) in [5, 5.41) is 0.308. The Morgan fingerprint density at radius 3 is 2.43 bits per heavy atom. The van der Waals surface area contributed by atoms with E-state index in [0.29, 0.717) is 49.4 Å². The first-order valence-corrected chi connectivity index (χ1v) is 11.3. The Kier molecular flexibility index (Phi) is 6.88. The predicted octanol–water partition coefficient (Wildman–Crippen LogP) is 3.20. The van der Waals surface area contributed by atoms with Crippen LogP contribution in [-0.4, -0.2) is 37.6 Å². The van der Waals surface area contributed by atoms with Crippen LogP contribution in [0.3, 0.4) is 0 Å². The van der Waals surface area contributed by atoms with E-state index in [1.165, 1.54) is 16.4 Å². The van der Waals surface area contributed by atoms with Gasteiger partial charge in [-0.15, -0.1) is 0 Å². The Labute approximate surface area is 171 Å². The minimum absolute atomic E-state index is 0.0549. The number of benzene rings is 2. The van der Waals surface area contributed by atoms with Crippen LogP contribution in [0.5, 0.6) is 0 Å². The third-order valence-corrected chi connectivity index (χ3v) is 7.33. The molecule has 5 nitrogen and oxygen atoms in total. The van der Waals surface area contributed by atoms with Gasteiger partial charge in [0, 0.05) is 37.0 Å². The first-order valence-electron chi connectivity index (χ1n) is 9.46. The molecule has 7 heteroatoms. The monoisotopic (exact) mass is 420 g/mol. The van der Waals surface area contributed by atoms with Gasteiger partial charge >= 0.3 is 0 Å². The molecule has 0 aliphatic carbocycles. The summed E-state index contributed by atoms with van der Waals surface area (Å²) >= 11 is 6.30. The van der Waals surface area contributed by atoms with Crippen LogP contribution in [0.2, 0.25) is 5.02 Å². The average Bonchev–Trinajstić information content (AvgIpc) is 2.69. The molecule has 1 aliphatic rings. The molecule has 0 unspecified atom stereocenters. The number of nitrogens with zero attached hydrogens (tertiary/aromatic N) is 1. The number of sulfonamides is 1. The van der Waals surface area contributed by atoms with E-state index in [1.54, 1.807) is 6.07 Å². The van der Waals surface area contributed by atoms with E-state index >= 15 is 0 Å². The first-order chi connectivity index (χ1) is 13.4. The van der Waals surface area contributed by atoms with Crippen molar-refractivity contribution in [1.29, 1.82) is 0 Å². The molecule has 2 aromatic carbocycles. The Morgan fingerprint density at radius 2 is 1.79 bits per heavy atom. The van der Waals surface area contributed by atoms with Gasteiger partial charge < -0.3 is 5.73 Å². The van der Waals surface area contributed by atoms with Crippen LogP contribution in [0, 0.1) is 0 Å². The zero-order valence-corrected chi connectivity index (χ0v) is 17.3. The van der Waals surface area contributed by atoms with Crippen LogP contribution in [-0.2, 0) is 27.7 Å². The maximum atomic E-state index is 12.8. The van der Waals surface area contributed by atoms with Gasteiger partial charge in [0.15, 0.2) is 0 Å². The van der Waals surface area contributed by atoms with Gasteiger partial charge in [0.1, 0.15) is 5.78 Å². The highest BCUT2D eigenvalue weighted by Gasteiger charge is 2.28. The molecule has 0 radical (unpaired) electrons. The van der Waals surface area contributed by atoms with Crippen molar-refractivity contribution in [1.82, 2.24) is 4.31 Å². The topological polar surface area (TPSA) is 80.5 Å². The van der Waals surface area contributed by atoms with Gasteiger partial charge in [-0.3, -0.25) is 4.79 Å².